The maximum atomic E-state index is 13.1. The van der Waals surface area contributed by atoms with Crippen molar-refractivity contribution >= 4 is 5.91 Å². The molecule has 0 aliphatic carbocycles. The molecule has 1 amide bonds. The van der Waals surface area contributed by atoms with E-state index in [4.69, 9.17) is 18.9 Å². The van der Waals surface area contributed by atoms with Crippen molar-refractivity contribution in [3.63, 3.8) is 0 Å². The van der Waals surface area contributed by atoms with Crippen molar-refractivity contribution in [1.29, 1.82) is 0 Å². The lowest BCUT2D eigenvalue weighted by Gasteiger charge is -2.46. The Balaban J connectivity index is 1.69. The minimum Gasteiger partial charge on any atom is -0.394 e. The van der Waals surface area contributed by atoms with Crippen molar-refractivity contribution in [2.24, 2.45) is 0 Å². The molecule has 2 heterocycles. The van der Waals surface area contributed by atoms with Gasteiger partial charge in [-0.2, -0.15) is 0 Å². The zero-order valence-corrected chi connectivity index (χ0v) is 44.3. The first-order chi connectivity index (χ1) is 34.1. The van der Waals surface area contributed by atoms with Crippen LogP contribution in [-0.2, 0) is 23.7 Å². The molecule has 14 nitrogen and oxygen atoms in total. The molecule has 0 saturated carbocycles. The summed E-state index contributed by atoms with van der Waals surface area (Å²) in [6.07, 6.45) is 31.4. The summed E-state index contributed by atoms with van der Waals surface area (Å²) in [6, 6.07) is -0.907. The fourth-order valence-electron chi connectivity index (χ4n) is 9.76. The number of aliphatic hydroxyl groups excluding tert-OH is 8. The first-order valence-electron chi connectivity index (χ1n) is 28.9. The maximum absolute atomic E-state index is 13.1. The molecule has 0 aromatic heterocycles. The number of amides is 1. The van der Waals surface area contributed by atoms with Gasteiger partial charge in [0.05, 0.1) is 32.0 Å². The summed E-state index contributed by atoms with van der Waals surface area (Å²) in [5.74, 6) is -0.240. The number of rotatable bonds is 46. The molecule has 414 valence electrons. The minimum atomic E-state index is -1.78. The lowest BCUT2D eigenvalue weighted by molar-refractivity contribution is -0.359. The van der Waals surface area contributed by atoms with Crippen molar-refractivity contribution in [3.05, 3.63) is 12.2 Å². The molecule has 0 aromatic rings. The van der Waals surface area contributed by atoms with Crippen LogP contribution in [0, 0.1) is 0 Å². The number of aliphatic hydroxyl groups is 8. The monoisotopic (exact) mass is 1000 g/mol. The summed E-state index contributed by atoms with van der Waals surface area (Å²) >= 11 is 0. The average molecular weight is 1000 g/mol. The second-order valence-electron chi connectivity index (χ2n) is 20.8. The van der Waals surface area contributed by atoms with Crippen molar-refractivity contribution in [3.8, 4) is 0 Å². The SMILES string of the molecule is CCCCCCCCCCCCCCCCCCCCCCCCCCC/C=C/C(O)C(COC1OC(CO)C(OC2OC(CO)C(O)C(O)C2O)C(O)C1O)NC(=O)CCCCCCCCCCC. The molecule has 0 radical (unpaired) electrons. The van der Waals surface area contributed by atoms with Gasteiger partial charge in [-0.15, -0.1) is 0 Å². The summed E-state index contributed by atoms with van der Waals surface area (Å²) in [5.41, 5.74) is 0. The molecule has 2 rings (SSSR count). The summed E-state index contributed by atoms with van der Waals surface area (Å²) in [7, 11) is 0. The van der Waals surface area contributed by atoms with E-state index in [-0.39, 0.29) is 18.9 Å². The highest BCUT2D eigenvalue weighted by Crippen LogP contribution is 2.30. The van der Waals surface area contributed by atoms with Crippen molar-refractivity contribution in [1.82, 2.24) is 5.32 Å². The van der Waals surface area contributed by atoms with Gasteiger partial charge in [-0.25, -0.2) is 0 Å². The van der Waals surface area contributed by atoms with Gasteiger partial charge in [0.2, 0.25) is 5.91 Å². The maximum Gasteiger partial charge on any atom is 0.220 e. The topological polar surface area (TPSA) is 228 Å². The van der Waals surface area contributed by atoms with Crippen LogP contribution in [0.4, 0.5) is 0 Å². The molecule has 0 bridgehead atoms. The average Bonchev–Trinajstić information content (AvgIpc) is 3.36. The van der Waals surface area contributed by atoms with Gasteiger partial charge in [0.25, 0.3) is 0 Å². The van der Waals surface area contributed by atoms with Crippen molar-refractivity contribution < 1.29 is 64.6 Å². The van der Waals surface area contributed by atoms with Gasteiger partial charge in [-0.05, 0) is 19.3 Å². The van der Waals surface area contributed by atoms with E-state index >= 15 is 0 Å². The van der Waals surface area contributed by atoms with Crippen LogP contribution in [0.2, 0.25) is 0 Å². The van der Waals surface area contributed by atoms with E-state index < -0.39 is 86.8 Å². The van der Waals surface area contributed by atoms with Gasteiger partial charge >= 0.3 is 0 Å². The Labute approximate surface area is 425 Å². The molecule has 70 heavy (non-hydrogen) atoms. The van der Waals surface area contributed by atoms with Crippen LogP contribution in [0.3, 0.4) is 0 Å². The second kappa shape index (κ2) is 43.0. The Kier molecular flexibility index (Phi) is 39.9. The predicted octanol–water partition coefficient (Wildman–Crippen LogP) is 9.11. The van der Waals surface area contributed by atoms with Crippen molar-refractivity contribution in [2.45, 2.75) is 319 Å². The van der Waals surface area contributed by atoms with Crippen LogP contribution in [0.25, 0.3) is 0 Å². The van der Waals surface area contributed by atoms with E-state index in [1.54, 1.807) is 6.08 Å². The Morgan fingerprint density at radius 2 is 0.886 bits per heavy atom. The number of ether oxygens (including phenoxy) is 4. The summed E-state index contributed by atoms with van der Waals surface area (Å²) in [6.45, 7) is 2.78. The van der Waals surface area contributed by atoms with E-state index in [9.17, 15) is 45.6 Å². The Morgan fingerprint density at radius 1 is 0.500 bits per heavy atom. The third kappa shape index (κ3) is 29.0. The standard InChI is InChI=1S/C56H107NO13/c1-3-5-7-9-11-13-14-15-16-17-18-19-20-21-22-23-24-25-26-27-28-29-30-32-33-35-37-39-45(60)44(57-48(61)40-38-36-34-31-12-10-8-6-4-2)43-67-55-53(66)51(64)54(47(42-59)69-55)70-56-52(65)50(63)49(62)46(41-58)68-56/h37,39,44-47,49-56,58-60,62-66H,3-36,38,40-43H2,1-2H3,(H,57,61)/b39-37+. The van der Waals surface area contributed by atoms with Crippen LogP contribution in [0.5, 0.6) is 0 Å². The van der Waals surface area contributed by atoms with E-state index in [0.717, 1.165) is 38.5 Å². The third-order valence-electron chi connectivity index (χ3n) is 14.5. The second-order valence-corrected chi connectivity index (χ2v) is 20.8. The van der Waals surface area contributed by atoms with E-state index in [1.165, 1.54) is 180 Å². The molecule has 12 unspecified atom stereocenters. The Bertz CT molecular complexity index is 1230. The van der Waals surface area contributed by atoms with Gasteiger partial charge in [0, 0.05) is 6.42 Å². The zero-order chi connectivity index (χ0) is 51.0. The van der Waals surface area contributed by atoms with Crippen LogP contribution in [0.1, 0.15) is 245 Å². The van der Waals surface area contributed by atoms with Gasteiger partial charge < -0.3 is 65.1 Å². The molecule has 14 heteroatoms. The summed E-state index contributed by atoms with van der Waals surface area (Å²) in [5, 5.41) is 86.8. The first kappa shape index (κ1) is 64.8. The van der Waals surface area contributed by atoms with Crippen LogP contribution < -0.4 is 5.32 Å². The first-order valence-corrected chi connectivity index (χ1v) is 28.9. The molecule has 2 saturated heterocycles. The molecule has 12 atom stereocenters. The molecule has 0 aromatic carbocycles. The van der Waals surface area contributed by atoms with Crippen LogP contribution in [0.15, 0.2) is 12.2 Å². The fourth-order valence-corrected chi connectivity index (χ4v) is 9.76. The number of hydrogen-bond acceptors (Lipinski definition) is 13. The van der Waals surface area contributed by atoms with Gasteiger partial charge in [0.1, 0.15) is 48.8 Å². The number of carbonyl (C=O) groups excluding carboxylic acids is 1. The number of hydrogen-bond donors (Lipinski definition) is 9. The molecule has 2 fully saturated rings. The van der Waals surface area contributed by atoms with Gasteiger partial charge in [0.15, 0.2) is 12.6 Å². The van der Waals surface area contributed by atoms with Crippen LogP contribution >= 0.6 is 0 Å². The Hall–Kier alpha value is -1.27. The predicted molar refractivity (Wildman–Crippen MR) is 277 cm³/mol. The molecule has 0 spiro atoms. The smallest absolute Gasteiger partial charge is 0.220 e. The molecular formula is C56H107NO13. The lowest BCUT2D eigenvalue weighted by atomic mass is 9.97. The van der Waals surface area contributed by atoms with E-state index in [2.05, 4.69) is 19.2 Å². The normalized spacial score (nSPS) is 26.0. The van der Waals surface area contributed by atoms with Crippen molar-refractivity contribution in [2.75, 3.05) is 19.8 Å². The fraction of sp³-hybridized carbons (Fsp3) is 0.946. The third-order valence-corrected chi connectivity index (χ3v) is 14.5. The van der Waals surface area contributed by atoms with E-state index in [0.29, 0.717) is 6.42 Å². The van der Waals surface area contributed by atoms with Gasteiger partial charge in [-0.3, -0.25) is 4.79 Å². The number of unbranched alkanes of at least 4 members (excludes halogenated alkanes) is 33. The summed E-state index contributed by atoms with van der Waals surface area (Å²) in [4.78, 5) is 13.1. The zero-order valence-electron chi connectivity index (χ0n) is 44.3. The highest BCUT2D eigenvalue weighted by Gasteiger charge is 2.51. The molecule has 9 N–H and O–H groups in total. The van der Waals surface area contributed by atoms with Gasteiger partial charge in [-0.1, -0.05) is 231 Å². The molecule has 2 aliphatic rings. The number of allylic oxidation sites excluding steroid dienone is 1. The Morgan fingerprint density at radius 3 is 1.31 bits per heavy atom. The minimum absolute atomic E-state index is 0.240. The van der Waals surface area contributed by atoms with Crippen LogP contribution in [-0.4, -0.2) is 140 Å². The van der Waals surface area contributed by atoms with E-state index in [1.807, 2.05) is 6.08 Å². The largest absolute Gasteiger partial charge is 0.394 e. The number of carbonyl (C=O) groups is 1. The highest BCUT2D eigenvalue weighted by atomic mass is 16.7. The highest BCUT2D eigenvalue weighted by molar-refractivity contribution is 5.76. The quantitative estimate of drug-likeness (QED) is 0.0205. The molecular weight excluding hydrogens is 895 g/mol. The number of nitrogens with one attached hydrogen (secondary N) is 1. The molecule has 2 aliphatic heterocycles. The summed E-state index contributed by atoms with van der Waals surface area (Å²) < 4.78 is 22.7. The lowest BCUT2D eigenvalue weighted by Crippen LogP contribution is -2.65.